The average molecular weight is 265 g/mol. The molecule has 6 heteroatoms. The number of nitrogens with zero attached hydrogens (tertiary/aromatic N) is 1. The van der Waals surface area contributed by atoms with Crippen molar-refractivity contribution in [2.24, 2.45) is 0 Å². The second-order valence-corrected chi connectivity index (χ2v) is 4.24. The number of ether oxygens (including phenoxy) is 2. The van der Waals surface area contributed by atoms with Crippen molar-refractivity contribution in [3.8, 4) is 0 Å². The molecule has 0 unspecified atom stereocenters. The fourth-order valence-corrected chi connectivity index (χ4v) is 1.88. The molecule has 1 heterocycles. The van der Waals surface area contributed by atoms with E-state index in [2.05, 4.69) is 5.43 Å². The molecule has 0 aliphatic carbocycles. The number of nitrogens with one attached hydrogen (secondary N) is 1. The highest BCUT2D eigenvalue weighted by Gasteiger charge is 2.16. The highest BCUT2D eigenvalue weighted by molar-refractivity contribution is 5.96. The zero-order valence-electron chi connectivity index (χ0n) is 11.0. The van der Waals surface area contributed by atoms with Gasteiger partial charge in [-0.2, -0.15) is 0 Å². The first kappa shape index (κ1) is 13.6. The van der Waals surface area contributed by atoms with Crippen LogP contribution in [0.4, 0.5) is 11.4 Å². The molecule has 0 spiro atoms. The Morgan fingerprint density at radius 3 is 2.89 bits per heavy atom. The Kier molecular flexibility index (Phi) is 4.59. The number of hydrazine groups is 1. The number of rotatable bonds is 4. The van der Waals surface area contributed by atoms with Crippen LogP contribution in [-0.2, 0) is 9.47 Å². The summed E-state index contributed by atoms with van der Waals surface area (Å²) in [7, 11) is 0. The molecule has 1 aliphatic heterocycles. The number of nitrogen functional groups attached to an aromatic ring is 1. The van der Waals surface area contributed by atoms with Crippen LogP contribution in [0, 0.1) is 0 Å². The summed E-state index contributed by atoms with van der Waals surface area (Å²) < 4.78 is 10.3. The van der Waals surface area contributed by atoms with Crippen LogP contribution in [-0.4, -0.2) is 43.9 Å². The standard InChI is InChI=1S/C13H19N3O3/c1-2-19-13(17)11-9-10(14)3-4-12(11)15-16-5-7-18-8-6-16/h3-4,9,15H,2,5-8,14H2,1H3. The van der Waals surface area contributed by atoms with Gasteiger partial charge in [0.15, 0.2) is 0 Å². The molecule has 1 aliphatic rings. The summed E-state index contributed by atoms with van der Waals surface area (Å²) in [6.45, 7) is 5.01. The lowest BCUT2D eigenvalue weighted by atomic mass is 10.1. The Labute approximate surface area is 112 Å². The minimum absolute atomic E-state index is 0.338. The van der Waals surface area contributed by atoms with Crippen LogP contribution in [0.3, 0.4) is 0 Å². The molecular weight excluding hydrogens is 246 g/mol. The third-order valence-electron chi connectivity index (χ3n) is 2.83. The molecule has 6 nitrogen and oxygen atoms in total. The first-order valence-corrected chi connectivity index (χ1v) is 6.36. The number of esters is 1. The molecule has 2 rings (SSSR count). The Bertz CT molecular complexity index is 445. The Hall–Kier alpha value is -1.79. The third-order valence-corrected chi connectivity index (χ3v) is 2.83. The maximum atomic E-state index is 11.9. The van der Waals surface area contributed by atoms with Crippen molar-refractivity contribution in [3.05, 3.63) is 23.8 Å². The largest absolute Gasteiger partial charge is 0.462 e. The molecule has 19 heavy (non-hydrogen) atoms. The first-order chi connectivity index (χ1) is 9.20. The van der Waals surface area contributed by atoms with E-state index < -0.39 is 0 Å². The van der Waals surface area contributed by atoms with Crippen LogP contribution < -0.4 is 11.2 Å². The SMILES string of the molecule is CCOC(=O)c1cc(N)ccc1NN1CCOCC1. The maximum absolute atomic E-state index is 11.9. The zero-order valence-corrected chi connectivity index (χ0v) is 11.0. The van der Waals surface area contributed by atoms with Crippen LogP contribution in [0.15, 0.2) is 18.2 Å². The number of anilines is 2. The lowest BCUT2D eigenvalue weighted by molar-refractivity contribution is 0.0488. The van der Waals surface area contributed by atoms with E-state index in [0.29, 0.717) is 36.8 Å². The summed E-state index contributed by atoms with van der Waals surface area (Å²) in [6.07, 6.45) is 0. The summed E-state index contributed by atoms with van der Waals surface area (Å²) in [6, 6.07) is 5.17. The molecule has 1 aromatic carbocycles. The number of hydrogen-bond donors (Lipinski definition) is 2. The van der Waals surface area contributed by atoms with E-state index in [1.54, 1.807) is 25.1 Å². The van der Waals surface area contributed by atoms with Gasteiger partial charge in [0, 0.05) is 18.8 Å². The molecule has 0 amide bonds. The van der Waals surface area contributed by atoms with Crippen molar-refractivity contribution in [2.45, 2.75) is 6.92 Å². The Morgan fingerprint density at radius 1 is 1.47 bits per heavy atom. The van der Waals surface area contributed by atoms with Crippen molar-refractivity contribution < 1.29 is 14.3 Å². The van der Waals surface area contributed by atoms with Gasteiger partial charge in [0.25, 0.3) is 0 Å². The normalized spacial score (nSPS) is 16.1. The monoisotopic (exact) mass is 265 g/mol. The Balaban J connectivity index is 2.15. The van der Waals surface area contributed by atoms with Gasteiger partial charge in [0.2, 0.25) is 0 Å². The first-order valence-electron chi connectivity index (χ1n) is 6.36. The van der Waals surface area contributed by atoms with Crippen molar-refractivity contribution in [3.63, 3.8) is 0 Å². The van der Waals surface area contributed by atoms with Gasteiger partial charge < -0.3 is 20.6 Å². The molecular formula is C13H19N3O3. The summed E-state index contributed by atoms with van der Waals surface area (Å²) in [5.74, 6) is -0.370. The fraction of sp³-hybridized carbons (Fsp3) is 0.462. The lowest BCUT2D eigenvalue weighted by Gasteiger charge is -2.28. The van der Waals surface area contributed by atoms with Crippen LogP contribution in [0.1, 0.15) is 17.3 Å². The number of nitrogens with two attached hydrogens (primary N) is 1. The summed E-state index contributed by atoms with van der Waals surface area (Å²) in [5.41, 5.74) is 10.6. The van der Waals surface area contributed by atoms with Crippen molar-refractivity contribution in [2.75, 3.05) is 44.1 Å². The zero-order chi connectivity index (χ0) is 13.7. The second kappa shape index (κ2) is 6.40. The number of morpholine rings is 1. The molecule has 0 radical (unpaired) electrons. The van der Waals surface area contributed by atoms with Gasteiger partial charge in [-0.1, -0.05) is 0 Å². The van der Waals surface area contributed by atoms with Gasteiger partial charge in [-0.3, -0.25) is 0 Å². The quantitative estimate of drug-likeness (QED) is 0.627. The van der Waals surface area contributed by atoms with Gasteiger partial charge >= 0.3 is 5.97 Å². The highest BCUT2D eigenvalue weighted by Crippen LogP contribution is 2.21. The van der Waals surface area contributed by atoms with E-state index in [-0.39, 0.29) is 5.97 Å². The van der Waals surface area contributed by atoms with Crippen molar-refractivity contribution >= 4 is 17.3 Å². The van der Waals surface area contributed by atoms with E-state index in [0.717, 1.165) is 13.1 Å². The molecule has 1 fully saturated rings. The van der Waals surface area contributed by atoms with E-state index in [1.165, 1.54) is 0 Å². The molecule has 1 aromatic rings. The fourth-order valence-electron chi connectivity index (χ4n) is 1.88. The maximum Gasteiger partial charge on any atom is 0.340 e. The van der Waals surface area contributed by atoms with E-state index >= 15 is 0 Å². The van der Waals surface area contributed by atoms with Crippen molar-refractivity contribution in [1.29, 1.82) is 0 Å². The summed E-state index contributed by atoms with van der Waals surface area (Å²) in [4.78, 5) is 11.9. The number of benzene rings is 1. The number of hydrogen-bond acceptors (Lipinski definition) is 6. The molecule has 0 aromatic heterocycles. The van der Waals surface area contributed by atoms with Gasteiger partial charge in [0.05, 0.1) is 31.1 Å². The molecule has 104 valence electrons. The smallest absolute Gasteiger partial charge is 0.340 e. The van der Waals surface area contributed by atoms with Crippen LogP contribution in [0.2, 0.25) is 0 Å². The predicted octanol–water partition coefficient (Wildman–Crippen LogP) is 1.10. The molecule has 0 bridgehead atoms. The third kappa shape index (κ3) is 3.59. The number of carbonyl (C=O) groups excluding carboxylic acids is 1. The van der Waals surface area contributed by atoms with Gasteiger partial charge in [0.1, 0.15) is 0 Å². The van der Waals surface area contributed by atoms with Crippen LogP contribution in [0.5, 0.6) is 0 Å². The average Bonchev–Trinajstić information content (AvgIpc) is 2.42. The number of carbonyl (C=O) groups is 1. The molecule has 3 N–H and O–H groups in total. The highest BCUT2D eigenvalue weighted by atomic mass is 16.5. The van der Waals surface area contributed by atoms with Gasteiger partial charge in [-0.15, -0.1) is 0 Å². The predicted molar refractivity (Wildman–Crippen MR) is 72.8 cm³/mol. The van der Waals surface area contributed by atoms with E-state index in [4.69, 9.17) is 15.2 Å². The van der Waals surface area contributed by atoms with Crippen LogP contribution >= 0.6 is 0 Å². The topological polar surface area (TPSA) is 76.8 Å². The molecule has 0 saturated carbocycles. The molecule has 0 atom stereocenters. The lowest BCUT2D eigenvalue weighted by Crippen LogP contribution is -2.40. The summed E-state index contributed by atoms with van der Waals surface area (Å²) >= 11 is 0. The van der Waals surface area contributed by atoms with Crippen LogP contribution in [0.25, 0.3) is 0 Å². The van der Waals surface area contributed by atoms with Gasteiger partial charge in [-0.05, 0) is 25.1 Å². The Morgan fingerprint density at radius 2 is 2.21 bits per heavy atom. The summed E-state index contributed by atoms with van der Waals surface area (Å²) in [5, 5.41) is 2.01. The molecule has 1 saturated heterocycles. The minimum atomic E-state index is -0.370. The van der Waals surface area contributed by atoms with E-state index in [9.17, 15) is 4.79 Å². The van der Waals surface area contributed by atoms with Gasteiger partial charge in [-0.25, -0.2) is 9.80 Å². The minimum Gasteiger partial charge on any atom is -0.462 e. The second-order valence-electron chi connectivity index (χ2n) is 4.24. The van der Waals surface area contributed by atoms with E-state index in [1.807, 2.05) is 5.01 Å². The van der Waals surface area contributed by atoms with Crippen molar-refractivity contribution in [1.82, 2.24) is 5.01 Å².